The van der Waals surface area contributed by atoms with Crippen LogP contribution in [0.3, 0.4) is 0 Å². The Labute approximate surface area is 204 Å². The van der Waals surface area contributed by atoms with Crippen LogP contribution in [0.15, 0.2) is 21.5 Å². The van der Waals surface area contributed by atoms with Gasteiger partial charge in [-0.1, -0.05) is 5.40 Å². The van der Waals surface area contributed by atoms with Gasteiger partial charge < -0.3 is 40.7 Å². The van der Waals surface area contributed by atoms with Crippen LogP contribution in [0.1, 0.15) is 0 Å². The molecule has 0 atom stereocenters. The third kappa shape index (κ3) is 9.14. The fourth-order valence-corrected chi connectivity index (χ4v) is 3.85. The van der Waals surface area contributed by atoms with Crippen molar-refractivity contribution in [2.75, 3.05) is 30.0 Å². The molecule has 0 spiro atoms. The van der Waals surface area contributed by atoms with E-state index in [4.69, 9.17) is 33.3 Å². The molecular weight excluding hydrogens is 529 g/mol. The van der Waals surface area contributed by atoms with Crippen molar-refractivity contribution in [2.45, 2.75) is 0 Å². The number of thiocyanates is 1. The van der Waals surface area contributed by atoms with Gasteiger partial charge in [0, 0.05) is 28.6 Å². The van der Waals surface area contributed by atoms with Crippen molar-refractivity contribution in [1.82, 2.24) is 19.9 Å². The Kier molecular flexibility index (Phi) is 13.8. The van der Waals surface area contributed by atoms with Crippen molar-refractivity contribution in [3.05, 3.63) is 21.5 Å². The Morgan fingerprint density at radius 1 is 0.700 bits per heavy atom. The summed E-state index contributed by atoms with van der Waals surface area (Å²) < 4.78 is 0. The Morgan fingerprint density at radius 3 is 0.967 bits per heavy atom. The second kappa shape index (κ2) is 14.8. The number of nitrogen functional groups attached to an aromatic ring is 4. The first-order valence-corrected chi connectivity index (χ1v) is 11.2. The molecule has 4 aromatic rings. The van der Waals surface area contributed by atoms with Crippen LogP contribution in [0.25, 0.3) is 22.8 Å². The summed E-state index contributed by atoms with van der Waals surface area (Å²) in [5.74, 6) is 0. The van der Waals surface area contributed by atoms with Crippen LogP contribution in [-0.2, 0) is 29.1 Å². The summed E-state index contributed by atoms with van der Waals surface area (Å²) >= 11 is 9.29. The van der Waals surface area contributed by atoms with E-state index in [0.717, 1.165) is 29.9 Å². The number of nitrogens with two attached hydrogens (primary N) is 4. The predicted molar refractivity (Wildman–Crippen MR) is 125 cm³/mol. The summed E-state index contributed by atoms with van der Waals surface area (Å²) in [7, 11) is 1.00. The van der Waals surface area contributed by atoms with Gasteiger partial charge in [0.25, 0.3) is 0 Å². The molecule has 162 valence electrons. The summed E-state index contributed by atoms with van der Waals surface area (Å²) in [4.78, 5) is 16.3. The molecule has 0 radical (unpaired) electrons. The van der Waals surface area contributed by atoms with Gasteiger partial charge in [0.15, 0.2) is 20.5 Å². The first-order valence-electron chi connectivity index (χ1n) is 7.23. The largest absolute Gasteiger partial charge is 2.00 e. The number of nitriles is 1. The Bertz CT molecular complexity index is 886. The topological polar surface area (TPSA) is 200 Å². The number of hydrogen-bond acceptors (Lipinski definition) is 15. The number of rotatable bonds is 2. The molecule has 0 aliphatic rings. The molecule has 4 aromatic heterocycles. The van der Waals surface area contributed by atoms with E-state index in [0.29, 0.717) is 20.5 Å². The number of aliphatic hydroxyl groups is 1. The van der Waals surface area contributed by atoms with Gasteiger partial charge in [-0.3, -0.25) is 0 Å². The van der Waals surface area contributed by atoms with Gasteiger partial charge in [-0.05, 0) is 0 Å². The van der Waals surface area contributed by atoms with E-state index in [2.05, 4.69) is 32.6 Å². The van der Waals surface area contributed by atoms with Gasteiger partial charge in [0.1, 0.15) is 22.8 Å². The monoisotopic (exact) mass is 544 g/mol. The zero-order chi connectivity index (χ0) is 21.8. The summed E-state index contributed by atoms with van der Waals surface area (Å²) in [6.45, 7) is 0. The van der Waals surface area contributed by atoms with Crippen molar-refractivity contribution in [1.29, 1.82) is 5.26 Å². The number of nitrogens with zero attached hydrogens (tertiary/aromatic N) is 5. The maximum absolute atomic E-state index is 7.13. The maximum atomic E-state index is 7.13. The second-order valence-corrected chi connectivity index (χ2v) is 8.12. The molecule has 9 N–H and O–H groups in total. The molecule has 4 heterocycles. The van der Waals surface area contributed by atoms with Crippen LogP contribution in [0.5, 0.6) is 0 Å². The molecule has 0 aliphatic heterocycles. The molecule has 0 aliphatic carbocycles. The zero-order valence-electron chi connectivity index (χ0n) is 15.2. The Balaban J connectivity index is 0.000000451. The van der Waals surface area contributed by atoms with E-state index in [-0.39, 0.29) is 16.5 Å². The van der Waals surface area contributed by atoms with Crippen LogP contribution >= 0.6 is 45.3 Å². The average Bonchev–Trinajstić information content (AvgIpc) is 3.47. The van der Waals surface area contributed by atoms with Gasteiger partial charge in [0.05, 0.1) is 0 Å². The van der Waals surface area contributed by atoms with Gasteiger partial charge in [-0.25, -0.2) is 25.2 Å². The SMILES string of the molecule is CO.N#C[S-].Nc1nc(-c2csc(N)n2)cs1.Nc1nc(-c2csc(N)n2)cs1.[Ni+2]. The Hall–Kier alpha value is -2.12. The van der Waals surface area contributed by atoms with Gasteiger partial charge in [-0.15, -0.1) is 45.3 Å². The molecule has 0 saturated heterocycles. The van der Waals surface area contributed by atoms with Crippen molar-refractivity contribution < 1.29 is 21.6 Å². The van der Waals surface area contributed by atoms with E-state index in [1.54, 1.807) is 0 Å². The Morgan fingerprint density at radius 2 is 0.867 bits per heavy atom. The third-order valence-electron chi connectivity index (χ3n) is 2.61. The maximum Gasteiger partial charge on any atom is 2.00 e. The van der Waals surface area contributed by atoms with E-state index in [1.165, 1.54) is 50.7 Å². The smallest absolute Gasteiger partial charge is 0.696 e. The van der Waals surface area contributed by atoms with Gasteiger partial charge in [0.2, 0.25) is 0 Å². The summed E-state index contributed by atoms with van der Waals surface area (Å²) in [5, 5.41) is 25.1. The summed E-state index contributed by atoms with van der Waals surface area (Å²) in [6, 6.07) is 0. The van der Waals surface area contributed by atoms with Crippen LogP contribution in [-0.4, -0.2) is 32.2 Å². The molecule has 10 nitrogen and oxygen atoms in total. The average molecular weight is 545 g/mol. The molecule has 16 heteroatoms. The number of aliphatic hydroxyl groups excluding tert-OH is 1. The van der Waals surface area contributed by atoms with Gasteiger partial charge >= 0.3 is 16.5 Å². The zero-order valence-corrected chi connectivity index (χ0v) is 20.2. The third-order valence-corrected chi connectivity index (χ3v) is 5.31. The fraction of sp³-hybridized carbons (Fsp3) is 0.0714. The molecule has 0 amide bonds. The molecule has 0 saturated carbocycles. The van der Waals surface area contributed by atoms with E-state index < -0.39 is 0 Å². The van der Waals surface area contributed by atoms with Crippen molar-refractivity contribution in [2.24, 2.45) is 0 Å². The number of aromatic nitrogens is 4. The first-order chi connectivity index (χ1) is 13.9. The molecule has 0 unspecified atom stereocenters. The molecule has 0 fully saturated rings. The van der Waals surface area contributed by atoms with Crippen LogP contribution < -0.4 is 22.9 Å². The van der Waals surface area contributed by atoms with Gasteiger partial charge in [-0.2, -0.15) is 0 Å². The van der Waals surface area contributed by atoms with Crippen LogP contribution in [0.4, 0.5) is 20.5 Å². The van der Waals surface area contributed by atoms with E-state index in [9.17, 15) is 0 Å². The minimum atomic E-state index is 0. The molecule has 4 rings (SSSR count). The van der Waals surface area contributed by atoms with Crippen molar-refractivity contribution >= 4 is 78.5 Å². The predicted octanol–water partition coefficient (Wildman–Crippen LogP) is 2.48. The quantitative estimate of drug-likeness (QED) is 0.141. The minimum absolute atomic E-state index is 0. The van der Waals surface area contributed by atoms with E-state index in [1.807, 2.05) is 21.5 Å². The fourth-order valence-electron chi connectivity index (χ4n) is 1.62. The molecule has 0 bridgehead atoms. The van der Waals surface area contributed by atoms with Crippen molar-refractivity contribution in [3.63, 3.8) is 0 Å². The minimum Gasteiger partial charge on any atom is -0.696 e. The molecule has 0 aromatic carbocycles. The van der Waals surface area contributed by atoms with Crippen LogP contribution in [0, 0.1) is 10.7 Å². The molecular formula is C14H16N9NiOS5+. The summed E-state index contributed by atoms with van der Waals surface area (Å²) in [5.41, 5.74) is 25.1. The van der Waals surface area contributed by atoms with Crippen molar-refractivity contribution in [3.8, 4) is 28.2 Å². The number of anilines is 4. The number of hydrogen-bond donors (Lipinski definition) is 5. The normalized spacial score (nSPS) is 8.70. The second-order valence-electron chi connectivity index (χ2n) is 4.38. The van der Waals surface area contributed by atoms with Crippen LogP contribution in [0.2, 0.25) is 0 Å². The first kappa shape index (κ1) is 27.9. The molecule has 30 heavy (non-hydrogen) atoms. The van der Waals surface area contributed by atoms with E-state index >= 15 is 0 Å². The number of thiazole rings is 4. The summed E-state index contributed by atoms with van der Waals surface area (Å²) in [6.07, 6.45) is 0. The standard InChI is InChI=1S/2C6H6N4S2.CHNS.CH4O.Ni/c2*7-5-9-3(1-11-5)4-2-12-6(8)10-4;2-1-3;1-2;/h2*1-2H,(H2,7,9)(H2,8,10);3H;2H,1H3;/q;;;;+2/p-1.